The third kappa shape index (κ3) is 6.09. The van der Waals surface area contributed by atoms with E-state index in [4.69, 9.17) is 5.41 Å². The number of benzene rings is 2. The number of sulfonamides is 1. The van der Waals surface area contributed by atoms with Gasteiger partial charge in [-0.25, -0.2) is 16.8 Å². The van der Waals surface area contributed by atoms with Gasteiger partial charge in [-0.3, -0.25) is 10.1 Å². The molecule has 0 aliphatic heterocycles. The molecule has 0 amide bonds. The minimum Gasteiger partial charge on any atom is -0.299 e. The number of nitrogens with one attached hydrogen (secondary N) is 2. The summed E-state index contributed by atoms with van der Waals surface area (Å²) in [6.45, 7) is 0. The Bertz CT molecular complexity index is 1430. The highest BCUT2D eigenvalue weighted by atomic mass is 32.2. The van der Waals surface area contributed by atoms with Crippen LogP contribution in [0.4, 0.5) is 13.2 Å². The Morgan fingerprint density at radius 2 is 1.58 bits per heavy atom. The molecule has 2 aromatic carbocycles. The molecule has 0 aliphatic rings. The Morgan fingerprint density at radius 3 is 2.18 bits per heavy atom. The number of halogens is 3. The van der Waals surface area contributed by atoms with E-state index in [1.165, 1.54) is 47.2 Å². The Balaban J connectivity index is 1.92. The maximum Gasteiger partial charge on any atom is 0.431 e. The van der Waals surface area contributed by atoms with Crippen LogP contribution >= 0.6 is 11.3 Å². The van der Waals surface area contributed by atoms with Crippen LogP contribution in [0, 0.1) is 5.41 Å². The van der Waals surface area contributed by atoms with Crippen LogP contribution in [0.1, 0.15) is 4.88 Å². The Hall–Kier alpha value is -2.96. The summed E-state index contributed by atoms with van der Waals surface area (Å²) < 4.78 is 90.3. The van der Waals surface area contributed by atoms with Gasteiger partial charge in [0.05, 0.1) is 20.4 Å². The van der Waals surface area contributed by atoms with Gasteiger partial charge in [-0.2, -0.15) is 13.2 Å². The highest BCUT2D eigenvalue weighted by Gasteiger charge is 2.37. The lowest BCUT2D eigenvalue weighted by Crippen LogP contribution is -2.32. The largest absolute Gasteiger partial charge is 0.431 e. The number of hydrogen-bond donors (Lipinski definition) is 2. The standard InChI is InChI=1S/C21H17F3N2O4S3/c1-32(27,28)16-9-5-6-14(12-16)18-10-11-19(31-18)17(25)13-20(21(22,23)24)26-33(29,30)15-7-3-2-4-8-15/h2-13,25-26H,1H3/b20-13-,25-17?. The number of hydrogen-bond acceptors (Lipinski definition) is 6. The average Bonchev–Trinajstić information content (AvgIpc) is 3.23. The molecule has 0 fully saturated rings. The van der Waals surface area contributed by atoms with E-state index in [-0.39, 0.29) is 14.7 Å². The van der Waals surface area contributed by atoms with Gasteiger partial charge in [-0.1, -0.05) is 30.3 Å². The average molecular weight is 515 g/mol. The molecule has 0 radical (unpaired) electrons. The first-order chi connectivity index (χ1) is 15.3. The smallest absolute Gasteiger partial charge is 0.299 e. The Morgan fingerprint density at radius 1 is 0.939 bits per heavy atom. The van der Waals surface area contributed by atoms with Crippen molar-refractivity contribution in [3.05, 3.63) is 83.4 Å². The number of thiophene rings is 1. The van der Waals surface area contributed by atoms with Crippen molar-refractivity contribution in [2.24, 2.45) is 0 Å². The van der Waals surface area contributed by atoms with Crippen LogP contribution in [0.3, 0.4) is 0 Å². The van der Waals surface area contributed by atoms with Crippen molar-refractivity contribution >= 4 is 36.9 Å². The molecule has 0 aliphatic carbocycles. The molecular formula is C21H17F3N2O4S3. The number of sulfone groups is 1. The molecule has 3 aromatic rings. The molecule has 1 heterocycles. The van der Waals surface area contributed by atoms with Crippen molar-refractivity contribution in [3.63, 3.8) is 0 Å². The third-order valence-electron chi connectivity index (χ3n) is 4.31. The Kier molecular flexibility index (Phi) is 6.82. The van der Waals surface area contributed by atoms with E-state index >= 15 is 0 Å². The lowest BCUT2D eigenvalue weighted by atomic mass is 10.2. The Labute approximate surface area is 192 Å². The first kappa shape index (κ1) is 24.7. The highest BCUT2D eigenvalue weighted by Crippen LogP contribution is 2.31. The van der Waals surface area contributed by atoms with E-state index in [9.17, 15) is 30.0 Å². The quantitative estimate of drug-likeness (QED) is 0.449. The summed E-state index contributed by atoms with van der Waals surface area (Å²) in [5.41, 5.74) is -1.65. The van der Waals surface area contributed by atoms with E-state index < -0.39 is 37.4 Å². The second-order valence-corrected chi connectivity index (χ2v) is 11.6. The molecule has 1 aromatic heterocycles. The van der Waals surface area contributed by atoms with Crippen LogP contribution in [-0.4, -0.2) is 35.0 Å². The number of allylic oxidation sites excluding steroid dienone is 2. The zero-order valence-electron chi connectivity index (χ0n) is 16.9. The molecule has 12 heteroatoms. The van der Waals surface area contributed by atoms with Crippen molar-refractivity contribution in [1.82, 2.24) is 4.72 Å². The predicted octanol–water partition coefficient (Wildman–Crippen LogP) is 4.61. The van der Waals surface area contributed by atoms with Gasteiger partial charge in [-0.15, -0.1) is 11.3 Å². The summed E-state index contributed by atoms with van der Waals surface area (Å²) >= 11 is 0.972. The summed E-state index contributed by atoms with van der Waals surface area (Å²) in [6.07, 6.45) is -3.59. The van der Waals surface area contributed by atoms with Gasteiger partial charge in [0, 0.05) is 11.1 Å². The van der Waals surface area contributed by atoms with Gasteiger partial charge in [0.15, 0.2) is 9.84 Å². The number of rotatable bonds is 7. The molecule has 0 spiro atoms. The highest BCUT2D eigenvalue weighted by molar-refractivity contribution is 7.90. The fourth-order valence-electron chi connectivity index (χ4n) is 2.71. The zero-order chi connectivity index (χ0) is 24.4. The van der Waals surface area contributed by atoms with Crippen molar-refractivity contribution in [3.8, 4) is 10.4 Å². The predicted molar refractivity (Wildman–Crippen MR) is 121 cm³/mol. The summed E-state index contributed by atoms with van der Waals surface area (Å²) in [4.78, 5) is 0.401. The topological polar surface area (TPSA) is 104 Å². The van der Waals surface area contributed by atoms with Crippen molar-refractivity contribution < 1.29 is 30.0 Å². The van der Waals surface area contributed by atoms with Crippen LogP contribution in [0.25, 0.3) is 10.4 Å². The molecule has 0 unspecified atom stereocenters. The molecule has 0 saturated carbocycles. The van der Waals surface area contributed by atoms with Crippen LogP contribution in [0.2, 0.25) is 0 Å². The third-order valence-corrected chi connectivity index (χ3v) is 7.97. The van der Waals surface area contributed by atoms with Gasteiger partial charge >= 0.3 is 6.18 Å². The molecule has 6 nitrogen and oxygen atoms in total. The van der Waals surface area contributed by atoms with Gasteiger partial charge in [0.2, 0.25) is 0 Å². The van der Waals surface area contributed by atoms with Crippen LogP contribution in [0.15, 0.2) is 88.3 Å². The second kappa shape index (κ2) is 9.12. The van der Waals surface area contributed by atoms with Gasteiger partial charge in [-0.05, 0) is 48.0 Å². The summed E-state index contributed by atoms with van der Waals surface area (Å²) in [7, 11) is -7.97. The maximum absolute atomic E-state index is 13.5. The van der Waals surface area contributed by atoms with Crippen molar-refractivity contribution in [2.45, 2.75) is 16.0 Å². The van der Waals surface area contributed by atoms with E-state index in [1.54, 1.807) is 12.1 Å². The molecule has 33 heavy (non-hydrogen) atoms. The van der Waals surface area contributed by atoms with Crippen LogP contribution < -0.4 is 4.72 Å². The van der Waals surface area contributed by atoms with Gasteiger partial charge < -0.3 is 0 Å². The molecule has 0 atom stereocenters. The molecular weight excluding hydrogens is 497 g/mol. The van der Waals surface area contributed by atoms with Crippen molar-refractivity contribution in [2.75, 3.05) is 6.26 Å². The summed E-state index contributed by atoms with van der Waals surface area (Å²) in [5.74, 6) is 0. The molecule has 3 rings (SSSR count). The summed E-state index contributed by atoms with van der Waals surface area (Å²) in [6, 6.07) is 15.6. The minimum absolute atomic E-state index is 0.0830. The maximum atomic E-state index is 13.5. The van der Waals surface area contributed by atoms with E-state index in [2.05, 4.69) is 0 Å². The van der Waals surface area contributed by atoms with E-state index in [0.29, 0.717) is 16.5 Å². The number of alkyl halides is 3. The first-order valence-corrected chi connectivity index (χ1v) is 13.3. The van der Waals surface area contributed by atoms with E-state index in [0.717, 1.165) is 29.7 Å². The molecule has 0 bridgehead atoms. The normalized spacial score (nSPS) is 13.0. The monoisotopic (exact) mass is 514 g/mol. The van der Waals surface area contributed by atoms with Crippen molar-refractivity contribution in [1.29, 1.82) is 5.41 Å². The lowest BCUT2D eigenvalue weighted by molar-refractivity contribution is -0.0943. The van der Waals surface area contributed by atoms with Crippen LogP contribution in [-0.2, 0) is 19.9 Å². The lowest BCUT2D eigenvalue weighted by Gasteiger charge is -2.15. The molecule has 0 saturated heterocycles. The van der Waals surface area contributed by atoms with E-state index in [1.807, 2.05) is 0 Å². The fourth-order valence-corrected chi connectivity index (χ4v) is 5.39. The van der Waals surface area contributed by atoms with Crippen LogP contribution in [0.5, 0.6) is 0 Å². The van der Waals surface area contributed by atoms with Gasteiger partial charge in [0.1, 0.15) is 5.70 Å². The fraction of sp³-hybridized carbons (Fsp3) is 0.0952. The summed E-state index contributed by atoms with van der Waals surface area (Å²) in [5, 5.41) is 8.07. The van der Waals surface area contributed by atoms with Gasteiger partial charge in [0.25, 0.3) is 10.0 Å². The zero-order valence-corrected chi connectivity index (χ0v) is 19.4. The molecule has 2 N–H and O–H groups in total. The second-order valence-electron chi connectivity index (χ2n) is 6.85. The SMILES string of the molecule is CS(=O)(=O)c1cccc(-c2ccc(C(=N)/C=C(\NS(=O)(=O)c3ccccc3)C(F)(F)F)s2)c1. The minimum atomic E-state index is -5.06. The molecule has 174 valence electrons. The first-order valence-electron chi connectivity index (χ1n) is 9.13.